The third kappa shape index (κ3) is 6.52. The van der Waals surface area contributed by atoms with Gasteiger partial charge in [0, 0.05) is 18.9 Å². The van der Waals surface area contributed by atoms with Crippen molar-refractivity contribution in [3.63, 3.8) is 0 Å². The summed E-state index contributed by atoms with van der Waals surface area (Å²) < 4.78 is 0. The first-order valence-corrected chi connectivity index (χ1v) is 5.58. The molecule has 0 aliphatic heterocycles. The largest absolute Gasteiger partial charge is 0.338 e. The van der Waals surface area contributed by atoms with Gasteiger partial charge in [-0.25, -0.2) is 10.3 Å². The first kappa shape index (κ1) is 13.4. The molecule has 0 saturated carbocycles. The van der Waals surface area contributed by atoms with Gasteiger partial charge >= 0.3 is 6.03 Å². The molecule has 1 aromatic rings. The van der Waals surface area contributed by atoms with Gasteiger partial charge in [0.25, 0.3) is 0 Å². The van der Waals surface area contributed by atoms with Crippen molar-refractivity contribution in [1.29, 1.82) is 0 Å². The molecule has 0 aliphatic rings. The van der Waals surface area contributed by atoms with Crippen LogP contribution in [0.4, 0.5) is 4.79 Å². The van der Waals surface area contributed by atoms with Crippen molar-refractivity contribution in [2.45, 2.75) is 32.8 Å². The number of carbonyl (C=O) groups is 1. The summed E-state index contributed by atoms with van der Waals surface area (Å²) in [5, 5.41) is 2.71. The van der Waals surface area contributed by atoms with E-state index in [0.29, 0.717) is 6.54 Å². The molecule has 94 valence electrons. The van der Waals surface area contributed by atoms with Crippen LogP contribution in [0.5, 0.6) is 0 Å². The van der Waals surface area contributed by atoms with Crippen molar-refractivity contribution in [2.24, 2.45) is 0 Å². The Bertz CT molecular complexity index is 347. The lowest BCUT2D eigenvalue weighted by Gasteiger charge is -2.19. The minimum atomic E-state index is -0.386. The monoisotopic (exact) mass is 237 g/mol. The van der Waals surface area contributed by atoms with Gasteiger partial charge in [-0.2, -0.15) is 0 Å². The molecule has 5 heteroatoms. The molecule has 17 heavy (non-hydrogen) atoms. The number of hydroxylamine groups is 1. The van der Waals surface area contributed by atoms with Crippen molar-refractivity contribution >= 4 is 6.03 Å². The van der Waals surface area contributed by atoms with E-state index in [0.717, 1.165) is 12.0 Å². The molecule has 1 rings (SSSR count). The second kappa shape index (κ2) is 6.20. The summed E-state index contributed by atoms with van der Waals surface area (Å²) in [6.45, 7) is 6.15. The van der Waals surface area contributed by atoms with Crippen molar-refractivity contribution in [3.05, 3.63) is 30.1 Å². The summed E-state index contributed by atoms with van der Waals surface area (Å²) in [4.78, 5) is 20.4. The van der Waals surface area contributed by atoms with Gasteiger partial charge in [0.15, 0.2) is 0 Å². The van der Waals surface area contributed by atoms with Gasteiger partial charge in [0.05, 0.1) is 5.60 Å². The number of hydrogen-bond acceptors (Lipinski definition) is 3. The Morgan fingerprint density at radius 1 is 1.35 bits per heavy atom. The highest BCUT2D eigenvalue weighted by Crippen LogP contribution is 2.03. The number of hydrogen-bond donors (Lipinski definition) is 2. The highest BCUT2D eigenvalue weighted by atomic mass is 16.7. The molecule has 0 aromatic carbocycles. The maximum atomic E-state index is 11.3. The number of pyridine rings is 1. The minimum absolute atomic E-state index is 0.325. The highest BCUT2D eigenvalue weighted by molar-refractivity contribution is 5.72. The van der Waals surface area contributed by atoms with Gasteiger partial charge in [0.1, 0.15) is 0 Å². The second-order valence-corrected chi connectivity index (χ2v) is 4.68. The van der Waals surface area contributed by atoms with Gasteiger partial charge in [-0.15, -0.1) is 0 Å². The quantitative estimate of drug-likeness (QED) is 0.783. The maximum Gasteiger partial charge on any atom is 0.338 e. The van der Waals surface area contributed by atoms with E-state index in [1.807, 2.05) is 32.9 Å². The number of aromatic nitrogens is 1. The Hall–Kier alpha value is -1.62. The van der Waals surface area contributed by atoms with Crippen molar-refractivity contribution in [2.75, 3.05) is 6.54 Å². The predicted octanol–water partition coefficient (Wildman–Crippen LogP) is 1.65. The zero-order valence-corrected chi connectivity index (χ0v) is 10.5. The summed E-state index contributed by atoms with van der Waals surface area (Å²) >= 11 is 0. The van der Waals surface area contributed by atoms with E-state index in [9.17, 15) is 4.79 Å². The smallest absolute Gasteiger partial charge is 0.336 e. The molecule has 0 spiro atoms. The molecule has 0 saturated heterocycles. The fraction of sp³-hybridized carbons (Fsp3) is 0.500. The second-order valence-electron chi connectivity index (χ2n) is 4.68. The molecular formula is C12H19N3O2. The van der Waals surface area contributed by atoms with E-state index in [-0.39, 0.29) is 11.6 Å². The van der Waals surface area contributed by atoms with E-state index in [2.05, 4.69) is 15.8 Å². The Morgan fingerprint density at radius 2 is 2.00 bits per heavy atom. The van der Waals surface area contributed by atoms with Gasteiger partial charge in [-0.05, 0) is 44.9 Å². The van der Waals surface area contributed by atoms with E-state index in [1.54, 1.807) is 12.4 Å². The van der Waals surface area contributed by atoms with Crippen LogP contribution >= 0.6 is 0 Å². The number of rotatable bonds is 4. The predicted molar refractivity (Wildman–Crippen MR) is 65.3 cm³/mol. The Morgan fingerprint density at radius 3 is 2.59 bits per heavy atom. The number of amides is 2. The van der Waals surface area contributed by atoms with Gasteiger partial charge < -0.3 is 5.32 Å². The van der Waals surface area contributed by atoms with Crippen LogP contribution in [-0.4, -0.2) is 23.2 Å². The van der Waals surface area contributed by atoms with E-state index >= 15 is 0 Å². The van der Waals surface area contributed by atoms with E-state index in [1.165, 1.54) is 0 Å². The Labute approximate surface area is 102 Å². The third-order valence-electron chi connectivity index (χ3n) is 1.90. The molecule has 1 aromatic heterocycles. The zero-order chi connectivity index (χ0) is 12.7. The maximum absolute atomic E-state index is 11.3. The van der Waals surface area contributed by atoms with Crippen LogP contribution in [-0.2, 0) is 11.3 Å². The topological polar surface area (TPSA) is 63.2 Å². The van der Waals surface area contributed by atoms with Crippen LogP contribution in [0.2, 0.25) is 0 Å². The summed E-state index contributed by atoms with van der Waals surface area (Å²) in [7, 11) is 0. The molecule has 0 fully saturated rings. The number of carbonyl (C=O) groups excluding carboxylic acids is 1. The number of urea groups is 1. The first-order valence-electron chi connectivity index (χ1n) is 5.58. The lowest BCUT2D eigenvalue weighted by atomic mass is 10.2. The van der Waals surface area contributed by atoms with Crippen molar-refractivity contribution in [1.82, 2.24) is 15.8 Å². The Balaban J connectivity index is 2.17. The normalized spacial score (nSPS) is 11.0. The fourth-order valence-corrected chi connectivity index (χ4v) is 1.11. The van der Waals surface area contributed by atoms with Gasteiger partial charge in [0.2, 0.25) is 0 Å². The molecular weight excluding hydrogens is 218 g/mol. The van der Waals surface area contributed by atoms with Crippen LogP contribution in [0.25, 0.3) is 0 Å². The number of nitrogens with one attached hydrogen (secondary N) is 2. The highest BCUT2D eigenvalue weighted by Gasteiger charge is 2.12. The van der Waals surface area contributed by atoms with Crippen LogP contribution < -0.4 is 10.8 Å². The van der Waals surface area contributed by atoms with Crippen LogP contribution in [0.3, 0.4) is 0 Å². The molecule has 0 aliphatic carbocycles. The third-order valence-corrected chi connectivity index (χ3v) is 1.90. The van der Waals surface area contributed by atoms with Crippen LogP contribution in [0.1, 0.15) is 26.3 Å². The summed E-state index contributed by atoms with van der Waals surface area (Å²) in [6.07, 6.45) is 4.24. The summed E-state index contributed by atoms with van der Waals surface area (Å²) in [5.41, 5.74) is 3.10. The fourth-order valence-electron chi connectivity index (χ4n) is 1.11. The molecule has 0 bridgehead atoms. The minimum Gasteiger partial charge on any atom is -0.336 e. The molecule has 1 heterocycles. The van der Waals surface area contributed by atoms with Gasteiger partial charge in [-0.1, -0.05) is 0 Å². The van der Waals surface area contributed by atoms with Crippen molar-refractivity contribution in [3.8, 4) is 0 Å². The molecule has 5 nitrogen and oxygen atoms in total. The van der Waals surface area contributed by atoms with Crippen LogP contribution in [0.15, 0.2) is 24.5 Å². The lowest BCUT2D eigenvalue weighted by Crippen LogP contribution is -2.40. The molecule has 0 unspecified atom stereocenters. The molecule has 0 atom stereocenters. The molecule has 2 N–H and O–H groups in total. The first-order chi connectivity index (χ1) is 7.97. The summed E-state index contributed by atoms with van der Waals surface area (Å²) in [6, 6.07) is 3.52. The zero-order valence-electron chi connectivity index (χ0n) is 10.5. The van der Waals surface area contributed by atoms with Gasteiger partial charge in [-0.3, -0.25) is 9.82 Å². The SMILES string of the molecule is CC(C)(C)ONC(=O)NCCc1ccncc1. The molecule has 2 amide bonds. The number of nitrogens with zero attached hydrogens (tertiary/aromatic N) is 1. The van der Waals surface area contributed by atoms with E-state index < -0.39 is 0 Å². The lowest BCUT2D eigenvalue weighted by molar-refractivity contribution is -0.0528. The molecule has 0 radical (unpaired) electrons. The standard InChI is InChI=1S/C12H19N3O2/c1-12(2,3)17-15-11(16)14-9-6-10-4-7-13-8-5-10/h4-5,7-8H,6,9H2,1-3H3,(H2,14,15,16). The van der Waals surface area contributed by atoms with Crippen molar-refractivity contribution < 1.29 is 9.63 Å². The Kier molecular flexibility index (Phi) is 4.90. The van der Waals surface area contributed by atoms with Crippen LogP contribution in [0, 0.1) is 0 Å². The average Bonchev–Trinajstić information content (AvgIpc) is 2.27. The average molecular weight is 237 g/mol. The van der Waals surface area contributed by atoms with E-state index in [4.69, 9.17) is 4.84 Å². The summed E-state index contributed by atoms with van der Waals surface area (Å²) in [5.74, 6) is 0.